The number of nitrogens with zero attached hydrogens (tertiary/aromatic N) is 3. The Morgan fingerprint density at radius 1 is 1.17 bits per heavy atom. The first-order valence-electron chi connectivity index (χ1n) is 8.45. The van der Waals surface area contributed by atoms with Crippen LogP contribution in [0, 0.1) is 11.6 Å². The van der Waals surface area contributed by atoms with Crippen LogP contribution in [-0.2, 0) is 22.7 Å². The van der Waals surface area contributed by atoms with E-state index in [0.717, 1.165) is 18.3 Å². The van der Waals surface area contributed by atoms with E-state index in [1.807, 2.05) is 0 Å². The summed E-state index contributed by atoms with van der Waals surface area (Å²) >= 11 is 0. The van der Waals surface area contributed by atoms with Crippen molar-refractivity contribution >= 4 is 21.5 Å². The quantitative estimate of drug-likeness (QED) is 0.538. The van der Waals surface area contributed by atoms with Crippen LogP contribution in [0.4, 0.5) is 20.3 Å². The molecule has 154 valence electrons. The zero-order chi connectivity index (χ0) is 21.2. The highest BCUT2D eigenvalue weighted by Gasteiger charge is 2.25. The Hall–Kier alpha value is -3.05. The smallest absolute Gasteiger partial charge is 0.263 e. The van der Waals surface area contributed by atoms with E-state index in [-0.39, 0.29) is 17.1 Å². The molecule has 29 heavy (non-hydrogen) atoms. The fraction of sp³-hybridized carbons (Fsp3) is 0.222. The van der Waals surface area contributed by atoms with Crippen LogP contribution in [0.1, 0.15) is 12.5 Å². The van der Waals surface area contributed by atoms with Crippen molar-refractivity contribution in [2.75, 3.05) is 16.6 Å². The van der Waals surface area contributed by atoms with Gasteiger partial charge in [-0.2, -0.15) is 5.10 Å². The van der Waals surface area contributed by atoms with E-state index in [0.29, 0.717) is 17.4 Å². The molecule has 0 radical (unpaired) electrons. The van der Waals surface area contributed by atoms with Gasteiger partial charge in [0.1, 0.15) is 27.9 Å². The molecular weight excluding hydrogens is 404 g/mol. The SMILES string of the molecule is Cn1cc(C(C)(O)CNc2ccc(S(=O)(=O)Nc3cc(F)cc(F)c3)cn2)cn1. The molecule has 3 rings (SSSR count). The number of hydrogen-bond acceptors (Lipinski definition) is 6. The van der Waals surface area contributed by atoms with Crippen molar-refractivity contribution in [3.63, 3.8) is 0 Å². The fourth-order valence-electron chi connectivity index (χ4n) is 2.53. The molecule has 2 heterocycles. The van der Waals surface area contributed by atoms with Gasteiger partial charge in [-0.15, -0.1) is 0 Å². The Morgan fingerprint density at radius 3 is 2.41 bits per heavy atom. The van der Waals surface area contributed by atoms with Crippen molar-refractivity contribution < 1.29 is 22.3 Å². The fourth-order valence-corrected chi connectivity index (χ4v) is 3.52. The van der Waals surface area contributed by atoms with E-state index in [4.69, 9.17) is 0 Å². The minimum absolute atomic E-state index is 0.110. The average molecular weight is 423 g/mol. The minimum Gasteiger partial charge on any atom is -0.383 e. The van der Waals surface area contributed by atoms with Gasteiger partial charge in [-0.25, -0.2) is 22.2 Å². The van der Waals surface area contributed by atoms with Crippen LogP contribution in [0.25, 0.3) is 0 Å². The van der Waals surface area contributed by atoms with Crippen molar-refractivity contribution in [3.05, 3.63) is 66.1 Å². The molecule has 3 N–H and O–H groups in total. The summed E-state index contributed by atoms with van der Waals surface area (Å²) in [4.78, 5) is 3.83. The molecule has 0 aliphatic heterocycles. The van der Waals surface area contributed by atoms with E-state index in [1.54, 1.807) is 31.0 Å². The molecule has 1 aromatic carbocycles. The number of halogens is 2. The highest BCUT2D eigenvalue weighted by atomic mass is 32.2. The lowest BCUT2D eigenvalue weighted by Crippen LogP contribution is -2.30. The lowest BCUT2D eigenvalue weighted by molar-refractivity contribution is 0.0713. The molecule has 0 fully saturated rings. The number of nitrogens with one attached hydrogen (secondary N) is 2. The van der Waals surface area contributed by atoms with Gasteiger partial charge in [-0.1, -0.05) is 0 Å². The third-order valence-electron chi connectivity index (χ3n) is 4.10. The Morgan fingerprint density at radius 2 is 1.86 bits per heavy atom. The lowest BCUT2D eigenvalue weighted by Gasteiger charge is -2.22. The Kier molecular flexibility index (Phi) is 5.53. The monoisotopic (exact) mass is 423 g/mol. The summed E-state index contributed by atoms with van der Waals surface area (Å²) in [6, 6.07) is 5.07. The number of sulfonamides is 1. The molecule has 0 aliphatic rings. The standard InChI is InChI=1S/C18H19F2N5O3S/c1-18(26,12-8-23-25(2)10-12)11-22-17-4-3-16(9-21-17)29(27,28)24-15-6-13(19)5-14(20)7-15/h3-10,24,26H,11H2,1-2H3,(H,21,22). The number of aliphatic hydroxyl groups is 1. The molecule has 8 nitrogen and oxygen atoms in total. The second-order valence-electron chi connectivity index (χ2n) is 6.67. The molecular formula is C18H19F2N5O3S. The van der Waals surface area contributed by atoms with E-state index >= 15 is 0 Å². The average Bonchev–Trinajstić information content (AvgIpc) is 3.06. The topological polar surface area (TPSA) is 109 Å². The van der Waals surface area contributed by atoms with Gasteiger partial charge < -0.3 is 10.4 Å². The number of benzene rings is 1. The first kappa shape index (κ1) is 20.7. The van der Waals surface area contributed by atoms with Crippen LogP contribution in [0.15, 0.2) is 53.8 Å². The normalized spacial score (nSPS) is 13.7. The predicted octanol–water partition coefficient (Wildman–Crippen LogP) is 2.21. The van der Waals surface area contributed by atoms with Crippen LogP contribution < -0.4 is 10.0 Å². The van der Waals surface area contributed by atoms with Crippen molar-refractivity contribution in [1.29, 1.82) is 0 Å². The molecule has 0 bridgehead atoms. The second-order valence-corrected chi connectivity index (χ2v) is 8.36. The summed E-state index contributed by atoms with van der Waals surface area (Å²) < 4.78 is 54.9. The molecule has 0 aliphatic carbocycles. The van der Waals surface area contributed by atoms with Crippen LogP contribution in [0.3, 0.4) is 0 Å². The van der Waals surface area contributed by atoms with Crippen LogP contribution >= 0.6 is 0 Å². The maximum atomic E-state index is 13.2. The predicted molar refractivity (Wildman–Crippen MR) is 103 cm³/mol. The first-order valence-corrected chi connectivity index (χ1v) is 9.94. The Balaban J connectivity index is 1.69. The van der Waals surface area contributed by atoms with Crippen LogP contribution in [-0.4, -0.2) is 34.8 Å². The van der Waals surface area contributed by atoms with E-state index in [1.165, 1.54) is 12.1 Å². The number of rotatable bonds is 7. The summed E-state index contributed by atoms with van der Waals surface area (Å²) in [7, 11) is -2.35. The van der Waals surface area contributed by atoms with E-state index in [9.17, 15) is 22.3 Å². The van der Waals surface area contributed by atoms with Crippen molar-refractivity contribution in [1.82, 2.24) is 14.8 Å². The van der Waals surface area contributed by atoms with Crippen molar-refractivity contribution in [2.45, 2.75) is 17.4 Å². The maximum Gasteiger partial charge on any atom is 0.263 e. The van der Waals surface area contributed by atoms with Gasteiger partial charge in [0.15, 0.2) is 0 Å². The third-order valence-corrected chi connectivity index (χ3v) is 5.47. The zero-order valence-corrected chi connectivity index (χ0v) is 16.4. The lowest BCUT2D eigenvalue weighted by atomic mass is 10.00. The van der Waals surface area contributed by atoms with Gasteiger partial charge >= 0.3 is 0 Å². The number of aromatic nitrogens is 3. The second kappa shape index (κ2) is 7.76. The highest BCUT2D eigenvalue weighted by Crippen LogP contribution is 2.22. The number of aryl methyl sites for hydroxylation is 1. The summed E-state index contributed by atoms with van der Waals surface area (Å²) in [5.74, 6) is -1.47. The Bertz CT molecular complexity index is 1090. The van der Waals surface area contributed by atoms with Crippen LogP contribution in [0.5, 0.6) is 0 Å². The zero-order valence-electron chi connectivity index (χ0n) is 15.6. The van der Waals surface area contributed by atoms with Crippen molar-refractivity contribution in [3.8, 4) is 0 Å². The molecule has 0 saturated carbocycles. The highest BCUT2D eigenvalue weighted by molar-refractivity contribution is 7.92. The first-order chi connectivity index (χ1) is 13.5. The molecule has 1 unspecified atom stereocenters. The summed E-state index contributed by atoms with van der Waals surface area (Å²) in [5.41, 5.74) is -0.848. The van der Waals surface area contributed by atoms with Gasteiger partial charge in [0.2, 0.25) is 0 Å². The number of pyridine rings is 1. The van der Waals surface area contributed by atoms with E-state index < -0.39 is 27.3 Å². The molecule has 2 aromatic heterocycles. The van der Waals surface area contributed by atoms with Gasteiger partial charge in [-0.05, 0) is 31.2 Å². The summed E-state index contributed by atoms with van der Waals surface area (Å²) in [6.07, 6.45) is 4.33. The van der Waals surface area contributed by atoms with Gasteiger partial charge in [0.25, 0.3) is 10.0 Å². The number of hydrogen-bond donors (Lipinski definition) is 3. The van der Waals surface area contributed by atoms with Gasteiger partial charge in [0.05, 0.1) is 11.9 Å². The summed E-state index contributed by atoms with van der Waals surface area (Å²) in [5, 5.41) is 17.5. The maximum absolute atomic E-state index is 13.2. The number of anilines is 2. The third kappa shape index (κ3) is 5.06. The van der Waals surface area contributed by atoms with E-state index in [2.05, 4.69) is 20.1 Å². The Labute approximate surface area is 166 Å². The minimum atomic E-state index is -4.08. The molecule has 0 saturated heterocycles. The van der Waals surface area contributed by atoms with Crippen LogP contribution in [0.2, 0.25) is 0 Å². The largest absolute Gasteiger partial charge is 0.383 e. The summed E-state index contributed by atoms with van der Waals surface area (Å²) in [6.45, 7) is 1.72. The van der Waals surface area contributed by atoms with Crippen molar-refractivity contribution in [2.24, 2.45) is 7.05 Å². The van der Waals surface area contributed by atoms with Gasteiger partial charge in [0, 0.05) is 37.6 Å². The molecule has 1 atom stereocenters. The molecule has 11 heteroatoms. The molecule has 3 aromatic rings. The van der Waals surface area contributed by atoms with Gasteiger partial charge in [-0.3, -0.25) is 9.40 Å². The molecule has 0 amide bonds. The molecule has 0 spiro atoms.